The summed E-state index contributed by atoms with van der Waals surface area (Å²) < 4.78 is 40.2. The monoisotopic (exact) mass is 304 g/mol. The molecule has 3 N–H and O–H groups in total. The van der Waals surface area contributed by atoms with Gasteiger partial charge in [-0.05, 0) is 37.3 Å². The van der Waals surface area contributed by atoms with E-state index in [2.05, 4.69) is 4.72 Å². The van der Waals surface area contributed by atoms with Crippen LogP contribution in [0.2, 0.25) is 0 Å². The molecular formula is C12H17FN2O2S2. The van der Waals surface area contributed by atoms with Crippen LogP contribution in [0.5, 0.6) is 0 Å². The van der Waals surface area contributed by atoms with Gasteiger partial charge in [0.15, 0.2) is 0 Å². The molecule has 1 fully saturated rings. The highest BCUT2D eigenvalue weighted by Crippen LogP contribution is 2.29. The molecule has 2 atom stereocenters. The summed E-state index contributed by atoms with van der Waals surface area (Å²) in [5, 5.41) is 0.299. The van der Waals surface area contributed by atoms with Crippen LogP contribution < -0.4 is 10.5 Å². The summed E-state index contributed by atoms with van der Waals surface area (Å²) in [7, 11) is -3.64. The Morgan fingerprint density at radius 2 is 2.16 bits per heavy atom. The normalized spacial score (nSPS) is 23.7. The molecule has 1 aliphatic rings. The number of nitrogens with two attached hydrogens (primary N) is 1. The molecular weight excluding hydrogens is 287 g/mol. The summed E-state index contributed by atoms with van der Waals surface area (Å²) in [5.74, 6) is -0.609. The summed E-state index contributed by atoms with van der Waals surface area (Å²) in [6.45, 7) is 0. The average molecular weight is 304 g/mol. The lowest BCUT2D eigenvalue weighted by Crippen LogP contribution is -2.38. The second kappa shape index (κ2) is 5.68. The van der Waals surface area contributed by atoms with Crippen molar-refractivity contribution in [3.05, 3.63) is 24.0 Å². The fraction of sp³-hybridized carbons (Fsp3) is 0.500. The van der Waals surface area contributed by atoms with Crippen molar-refractivity contribution < 1.29 is 12.8 Å². The van der Waals surface area contributed by atoms with E-state index in [1.807, 2.05) is 6.26 Å². The van der Waals surface area contributed by atoms with Crippen LogP contribution in [0.15, 0.2) is 23.1 Å². The number of halogens is 1. The van der Waals surface area contributed by atoms with Gasteiger partial charge < -0.3 is 5.73 Å². The molecule has 0 bridgehead atoms. The first kappa shape index (κ1) is 14.6. The van der Waals surface area contributed by atoms with Crippen LogP contribution in [0.3, 0.4) is 0 Å². The molecule has 7 heteroatoms. The molecule has 0 aliphatic heterocycles. The zero-order valence-corrected chi connectivity index (χ0v) is 12.2. The third-order valence-corrected chi connectivity index (χ3v) is 6.00. The van der Waals surface area contributed by atoms with Crippen LogP contribution >= 0.6 is 11.8 Å². The molecule has 0 heterocycles. The maximum absolute atomic E-state index is 13.1. The first-order chi connectivity index (χ1) is 8.94. The van der Waals surface area contributed by atoms with Gasteiger partial charge in [-0.25, -0.2) is 17.5 Å². The molecule has 1 aromatic rings. The topological polar surface area (TPSA) is 72.2 Å². The second-order valence-electron chi connectivity index (χ2n) is 4.62. The highest BCUT2D eigenvalue weighted by Gasteiger charge is 2.30. The van der Waals surface area contributed by atoms with Gasteiger partial charge in [0.05, 0.1) is 10.6 Å². The second-order valence-corrected chi connectivity index (χ2v) is 7.41. The first-order valence-corrected chi connectivity index (χ1v) is 8.81. The molecule has 0 amide bonds. The van der Waals surface area contributed by atoms with Gasteiger partial charge in [-0.3, -0.25) is 0 Å². The molecule has 0 saturated heterocycles. The summed E-state index contributed by atoms with van der Waals surface area (Å²) in [4.78, 5) is 0.0122. The van der Waals surface area contributed by atoms with E-state index in [1.54, 1.807) is 11.8 Å². The largest absolute Gasteiger partial charge is 0.396 e. The Labute approximate surface area is 117 Å². The molecule has 1 aromatic carbocycles. The van der Waals surface area contributed by atoms with Gasteiger partial charge in [0.25, 0.3) is 0 Å². The zero-order chi connectivity index (χ0) is 14.0. The Bertz CT molecular complexity index is 563. The van der Waals surface area contributed by atoms with E-state index < -0.39 is 15.8 Å². The van der Waals surface area contributed by atoms with Crippen molar-refractivity contribution >= 4 is 27.5 Å². The molecule has 1 saturated carbocycles. The molecule has 0 radical (unpaired) electrons. The van der Waals surface area contributed by atoms with Crippen molar-refractivity contribution in [3.63, 3.8) is 0 Å². The molecule has 0 spiro atoms. The van der Waals surface area contributed by atoms with Gasteiger partial charge >= 0.3 is 0 Å². The summed E-state index contributed by atoms with van der Waals surface area (Å²) in [6.07, 6.45) is 4.85. The number of nitrogens with one attached hydrogen (secondary N) is 1. The lowest BCUT2D eigenvalue weighted by Gasteiger charge is -2.19. The maximum atomic E-state index is 13.1. The van der Waals surface area contributed by atoms with E-state index in [4.69, 9.17) is 5.73 Å². The van der Waals surface area contributed by atoms with Gasteiger partial charge in [-0.1, -0.05) is 6.42 Å². The van der Waals surface area contributed by atoms with Crippen molar-refractivity contribution in [2.45, 2.75) is 35.4 Å². The van der Waals surface area contributed by atoms with Crippen molar-refractivity contribution in [2.24, 2.45) is 0 Å². The van der Waals surface area contributed by atoms with Gasteiger partial charge in [0.1, 0.15) is 5.82 Å². The van der Waals surface area contributed by atoms with Gasteiger partial charge in [-0.15, -0.1) is 0 Å². The predicted octanol–water partition coefficient (Wildman–Crippen LogP) is 1.97. The Morgan fingerprint density at radius 3 is 2.79 bits per heavy atom. The van der Waals surface area contributed by atoms with E-state index in [1.165, 1.54) is 6.07 Å². The zero-order valence-electron chi connectivity index (χ0n) is 10.6. The van der Waals surface area contributed by atoms with Gasteiger partial charge in [-0.2, -0.15) is 11.8 Å². The quantitative estimate of drug-likeness (QED) is 0.834. The van der Waals surface area contributed by atoms with Crippen LogP contribution in [0.1, 0.15) is 19.3 Å². The molecule has 0 aromatic heterocycles. The number of thioether (sulfide) groups is 1. The third kappa shape index (κ3) is 3.21. The summed E-state index contributed by atoms with van der Waals surface area (Å²) >= 11 is 1.67. The fourth-order valence-corrected chi connectivity index (χ4v) is 4.67. The fourth-order valence-electron chi connectivity index (χ4n) is 2.30. The molecule has 4 nitrogen and oxygen atoms in total. The Balaban J connectivity index is 2.20. The van der Waals surface area contributed by atoms with E-state index in [0.29, 0.717) is 5.25 Å². The lowest BCUT2D eigenvalue weighted by molar-refractivity contribution is 0.555. The Kier molecular flexibility index (Phi) is 4.37. The molecule has 2 rings (SSSR count). The third-order valence-electron chi connectivity index (χ3n) is 3.34. The summed E-state index contributed by atoms with van der Waals surface area (Å²) in [5.41, 5.74) is 5.25. The van der Waals surface area contributed by atoms with E-state index in [9.17, 15) is 12.8 Å². The van der Waals surface area contributed by atoms with Crippen LogP contribution in [0, 0.1) is 5.82 Å². The van der Waals surface area contributed by atoms with E-state index >= 15 is 0 Å². The van der Waals surface area contributed by atoms with Crippen LogP contribution in [-0.4, -0.2) is 26.0 Å². The Hall–Kier alpha value is -0.790. The number of anilines is 1. The number of hydrogen-bond donors (Lipinski definition) is 2. The molecule has 19 heavy (non-hydrogen) atoms. The van der Waals surface area contributed by atoms with Crippen LogP contribution in [0.25, 0.3) is 0 Å². The average Bonchev–Trinajstić information content (AvgIpc) is 2.79. The minimum Gasteiger partial charge on any atom is -0.396 e. The SMILES string of the molecule is CSC1CCCC1NS(=O)(=O)c1ccc(F)c(N)c1. The highest BCUT2D eigenvalue weighted by atomic mass is 32.2. The standard InChI is InChI=1S/C12H17FN2O2S2/c1-18-12-4-2-3-11(12)15-19(16,17)8-5-6-9(13)10(14)7-8/h5-7,11-12,15H,2-4,14H2,1H3. The van der Waals surface area contributed by atoms with Gasteiger partial charge in [0, 0.05) is 11.3 Å². The lowest BCUT2D eigenvalue weighted by atomic mass is 10.3. The van der Waals surface area contributed by atoms with Crippen LogP contribution in [0.4, 0.5) is 10.1 Å². The molecule has 2 unspecified atom stereocenters. The van der Waals surface area contributed by atoms with Gasteiger partial charge in [0.2, 0.25) is 10.0 Å². The van der Waals surface area contributed by atoms with Crippen molar-refractivity contribution in [2.75, 3.05) is 12.0 Å². The van der Waals surface area contributed by atoms with Crippen molar-refractivity contribution in [3.8, 4) is 0 Å². The highest BCUT2D eigenvalue weighted by molar-refractivity contribution is 7.99. The maximum Gasteiger partial charge on any atom is 0.240 e. The van der Waals surface area contributed by atoms with Crippen molar-refractivity contribution in [1.82, 2.24) is 4.72 Å². The van der Waals surface area contributed by atoms with Crippen molar-refractivity contribution in [1.29, 1.82) is 0 Å². The smallest absolute Gasteiger partial charge is 0.240 e. The van der Waals surface area contributed by atoms with E-state index in [0.717, 1.165) is 31.4 Å². The molecule has 1 aliphatic carbocycles. The number of nitrogen functional groups attached to an aromatic ring is 1. The predicted molar refractivity (Wildman–Crippen MR) is 76.1 cm³/mol. The van der Waals surface area contributed by atoms with Crippen LogP contribution in [-0.2, 0) is 10.0 Å². The number of benzene rings is 1. The van der Waals surface area contributed by atoms with E-state index in [-0.39, 0.29) is 16.6 Å². The summed E-state index contributed by atoms with van der Waals surface area (Å²) in [6, 6.07) is 3.40. The molecule has 106 valence electrons. The Morgan fingerprint density at radius 1 is 1.42 bits per heavy atom. The minimum absolute atomic E-state index is 0.0122. The number of rotatable bonds is 4. The number of hydrogen-bond acceptors (Lipinski definition) is 4. The number of sulfonamides is 1. The minimum atomic E-state index is -3.64. The first-order valence-electron chi connectivity index (χ1n) is 6.04.